The summed E-state index contributed by atoms with van der Waals surface area (Å²) in [5, 5.41) is 3.62. The Bertz CT molecular complexity index is 292. The van der Waals surface area contributed by atoms with Crippen LogP contribution < -0.4 is 5.32 Å². The molecular formula is C12H19NS. The Hall–Kier alpha value is -0.340. The van der Waals surface area contributed by atoms with Gasteiger partial charge in [0.2, 0.25) is 0 Å². The first-order chi connectivity index (χ1) is 6.79. The van der Waals surface area contributed by atoms with Gasteiger partial charge in [0, 0.05) is 15.8 Å². The van der Waals surface area contributed by atoms with E-state index >= 15 is 0 Å². The third-order valence-corrected chi connectivity index (χ3v) is 4.31. The molecule has 0 aromatic carbocycles. The van der Waals surface area contributed by atoms with Gasteiger partial charge < -0.3 is 5.32 Å². The van der Waals surface area contributed by atoms with Crippen molar-refractivity contribution in [2.75, 3.05) is 6.54 Å². The van der Waals surface area contributed by atoms with Crippen molar-refractivity contribution < 1.29 is 0 Å². The third kappa shape index (κ3) is 2.18. The maximum Gasteiger partial charge on any atom is 0.0417 e. The van der Waals surface area contributed by atoms with Crippen LogP contribution in [0.3, 0.4) is 0 Å². The summed E-state index contributed by atoms with van der Waals surface area (Å²) in [7, 11) is 0. The second kappa shape index (κ2) is 4.45. The van der Waals surface area contributed by atoms with Crippen molar-refractivity contribution in [3.05, 3.63) is 21.9 Å². The molecule has 1 aromatic rings. The lowest BCUT2D eigenvalue weighted by Crippen LogP contribution is -2.30. The van der Waals surface area contributed by atoms with E-state index in [2.05, 4.69) is 31.3 Å². The maximum atomic E-state index is 3.62. The molecule has 2 atom stereocenters. The highest BCUT2D eigenvalue weighted by Gasteiger charge is 2.22. The van der Waals surface area contributed by atoms with Crippen LogP contribution in [-0.2, 0) is 0 Å². The summed E-state index contributed by atoms with van der Waals surface area (Å²) in [4.78, 5) is 2.96. The Morgan fingerprint density at radius 1 is 1.50 bits per heavy atom. The van der Waals surface area contributed by atoms with Gasteiger partial charge in [0.25, 0.3) is 0 Å². The standard InChI is InChI=1S/C12H19NS/c1-3-10-6-7-13-11(8-10)12-5-4-9(2)14-12/h4-5,10-11,13H,3,6-8H2,1-2H3. The Kier molecular flexibility index (Phi) is 3.24. The summed E-state index contributed by atoms with van der Waals surface area (Å²) in [6.07, 6.45) is 4.02. The van der Waals surface area contributed by atoms with Crippen LogP contribution in [0.2, 0.25) is 0 Å². The predicted octanol–water partition coefficient (Wildman–Crippen LogP) is 3.51. The molecule has 1 fully saturated rings. The van der Waals surface area contributed by atoms with Crippen LogP contribution in [0.1, 0.15) is 42.0 Å². The molecule has 1 saturated heterocycles. The molecule has 14 heavy (non-hydrogen) atoms. The lowest BCUT2D eigenvalue weighted by molar-refractivity contribution is 0.302. The fourth-order valence-corrected chi connectivity index (χ4v) is 3.19. The molecule has 0 saturated carbocycles. The zero-order valence-corrected chi connectivity index (χ0v) is 9.86. The van der Waals surface area contributed by atoms with E-state index in [4.69, 9.17) is 0 Å². The molecule has 1 nitrogen and oxygen atoms in total. The van der Waals surface area contributed by atoms with Crippen molar-refractivity contribution in [3.63, 3.8) is 0 Å². The number of hydrogen-bond acceptors (Lipinski definition) is 2. The van der Waals surface area contributed by atoms with Crippen molar-refractivity contribution in [1.82, 2.24) is 5.32 Å². The summed E-state index contributed by atoms with van der Waals surface area (Å²) >= 11 is 1.94. The molecule has 1 N–H and O–H groups in total. The largest absolute Gasteiger partial charge is 0.309 e. The highest BCUT2D eigenvalue weighted by atomic mass is 32.1. The molecule has 1 aromatic heterocycles. The molecule has 1 aliphatic rings. The highest BCUT2D eigenvalue weighted by molar-refractivity contribution is 7.12. The van der Waals surface area contributed by atoms with Gasteiger partial charge in [0.1, 0.15) is 0 Å². The number of thiophene rings is 1. The first-order valence-corrected chi connectivity index (χ1v) is 6.41. The van der Waals surface area contributed by atoms with Crippen LogP contribution in [-0.4, -0.2) is 6.54 Å². The number of aryl methyl sites for hydroxylation is 1. The minimum absolute atomic E-state index is 0.632. The van der Waals surface area contributed by atoms with E-state index in [0.29, 0.717) is 6.04 Å². The number of nitrogens with one attached hydrogen (secondary N) is 1. The van der Waals surface area contributed by atoms with Crippen molar-refractivity contribution in [2.24, 2.45) is 5.92 Å². The topological polar surface area (TPSA) is 12.0 Å². The zero-order valence-electron chi connectivity index (χ0n) is 9.05. The van der Waals surface area contributed by atoms with Crippen LogP contribution in [0, 0.1) is 12.8 Å². The van der Waals surface area contributed by atoms with Crippen molar-refractivity contribution in [2.45, 2.75) is 39.2 Å². The number of piperidine rings is 1. The van der Waals surface area contributed by atoms with Gasteiger partial charge in [-0.15, -0.1) is 11.3 Å². The van der Waals surface area contributed by atoms with E-state index in [0.717, 1.165) is 5.92 Å². The van der Waals surface area contributed by atoms with Crippen molar-refractivity contribution >= 4 is 11.3 Å². The molecule has 2 heteroatoms. The number of hydrogen-bond donors (Lipinski definition) is 1. The number of rotatable bonds is 2. The van der Waals surface area contributed by atoms with Gasteiger partial charge in [-0.2, -0.15) is 0 Å². The Morgan fingerprint density at radius 3 is 3.00 bits per heavy atom. The molecule has 2 unspecified atom stereocenters. The summed E-state index contributed by atoms with van der Waals surface area (Å²) in [5.41, 5.74) is 0. The Balaban J connectivity index is 2.04. The molecule has 78 valence electrons. The average molecular weight is 209 g/mol. The van der Waals surface area contributed by atoms with Gasteiger partial charge in [0.15, 0.2) is 0 Å². The zero-order chi connectivity index (χ0) is 9.97. The summed E-state index contributed by atoms with van der Waals surface area (Å²) < 4.78 is 0. The van der Waals surface area contributed by atoms with Crippen molar-refractivity contribution in [3.8, 4) is 0 Å². The van der Waals surface area contributed by atoms with Crippen LogP contribution in [0.5, 0.6) is 0 Å². The maximum absolute atomic E-state index is 3.62. The first kappa shape index (κ1) is 10.2. The normalized spacial score (nSPS) is 27.9. The van der Waals surface area contributed by atoms with E-state index in [1.165, 1.54) is 35.6 Å². The minimum atomic E-state index is 0.632. The second-order valence-electron chi connectivity index (χ2n) is 4.25. The van der Waals surface area contributed by atoms with Crippen LogP contribution in [0.25, 0.3) is 0 Å². The SMILES string of the molecule is CCC1CCNC(c2ccc(C)s2)C1. The summed E-state index contributed by atoms with van der Waals surface area (Å²) in [6.45, 7) is 5.70. The quantitative estimate of drug-likeness (QED) is 0.786. The van der Waals surface area contributed by atoms with E-state index < -0.39 is 0 Å². The fraction of sp³-hybridized carbons (Fsp3) is 0.667. The average Bonchev–Trinajstić information content (AvgIpc) is 2.65. The lowest BCUT2D eigenvalue weighted by Gasteiger charge is -2.29. The fourth-order valence-electron chi connectivity index (χ4n) is 2.22. The molecule has 1 aliphatic heterocycles. The van der Waals surface area contributed by atoms with Crippen LogP contribution >= 0.6 is 11.3 Å². The smallest absolute Gasteiger partial charge is 0.0417 e. The molecular weight excluding hydrogens is 190 g/mol. The van der Waals surface area contributed by atoms with Gasteiger partial charge in [-0.3, -0.25) is 0 Å². The van der Waals surface area contributed by atoms with Crippen LogP contribution in [0.4, 0.5) is 0 Å². The van der Waals surface area contributed by atoms with Gasteiger partial charge in [-0.05, 0) is 44.4 Å². The Morgan fingerprint density at radius 2 is 2.36 bits per heavy atom. The first-order valence-electron chi connectivity index (χ1n) is 5.59. The third-order valence-electron chi connectivity index (χ3n) is 3.19. The van der Waals surface area contributed by atoms with E-state index in [1.54, 1.807) is 0 Å². The monoisotopic (exact) mass is 209 g/mol. The van der Waals surface area contributed by atoms with E-state index in [-0.39, 0.29) is 0 Å². The van der Waals surface area contributed by atoms with Crippen LogP contribution in [0.15, 0.2) is 12.1 Å². The van der Waals surface area contributed by atoms with E-state index in [9.17, 15) is 0 Å². The van der Waals surface area contributed by atoms with E-state index in [1.807, 2.05) is 11.3 Å². The summed E-state index contributed by atoms with van der Waals surface area (Å²) in [6, 6.07) is 5.15. The van der Waals surface area contributed by atoms with Gasteiger partial charge in [0.05, 0.1) is 0 Å². The molecule has 2 heterocycles. The van der Waals surface area contributed by atoms with Crippen molar-refractivity contribution in [1.29, 1.82) is 0 Å². The predicted molar refractivity (Wildman–Crippen MR) is 62.8 cm³/mol. The molecule has 0 amide bonds. The lowest BCUT2D eigenvalue weighted by atomic mass is 9.90. The summed E-state index contributed by atoms with van der Waals surface area (Å²) in [5.74, 6) is 0.934. The molecule has 0 bridgehead atoms. The molecule has 2 rings (SSSR count). The van der Waals surface area contributed by atoms with Gasteiger partial charge in [-0.1, -0.05) is 13.3 Å². The van der Waals surface area contributed by atoms with Gasteiger partial charge >= 0.3 is 0 Å². The second-order valence-corrected chi connectivity index (χ2v) is 5.57. The molecule has 0 radical (unpaired) electrons. The Labute approximate surface area is 90.5 Å². The minimum Gasteiger partial charge on any atom is -0.309 e. The molecule has 0 spiro atoms. The molecule has 0 aliphatic carbocycles. The highest BCUT2D eigenvalue weighted by Crippen LogP contribution is 2.32. The van der Waals surface area contributed by atoms with Gasteiger partial charge in [-0.25, -0.2) is 0 Å².